The molecule has 1 rings (SSSR count). The molecular formula is C13H21NO2S. The number of pyridine rings is 1. The van der Waals surface area contributed by atoms with Gasteiger partial charge in [0.1, 0.15) is 5.75 Å². The molecule has 3 nitrogen and oxygen atoms in total. The van der Waals surface area contributed by atoms with Crippen LogP contribution in [0.25, 0.3) is 0 Å². The van der Waals surface area contributed by atoms with Gasteiger partial charge < -0.3 is 9.84 Å². The summed E-state index contributed by atoms with van der Waals surface area (Å²) < 4.78 is 5.55. The molecule has 96 valence electrons. The summed E-state index contributed by atoms with van der Waals surface area (Å²) >= 11 is 1.74. The average Bonchev–Trinajstić information content (AvgIpc) is 2.25. The number of hydrogen-bond donors (Lipinski definition) is 1. The molecule has 0 bridgehead atoms. The van der Waals surface area contributed by atoms with Gasteiger partial charge in [-0.1, -0.05) is 13.8 Å². The maximum atomic E-state index is 10.0. The molecule has 0 saturated heterocycles. The fraction of sp³-hybridized carbons (Fsp3) is 0.615. The number of aliphatic hydroxyl groups is 1. The van der Waals surface area contributed by atoms with E-state index in [9.17, 15) is 5.11 Å². The van der Waals surface area contributed by atoms with E-state index in [1.165, 1.54) is 0 Å². The maximum absolute atomic E-state index is 10.0. The van der Waals surface area contributed by atoms with E-state index in [2.05, 4.69) is 18.8 Å². The third-order valence-corrected chi connectivity index (χ3v) is 3.25. The van der Waals surface area contributed by atoms with E-state index in [0.717, 1.165) is 5.56 Å². The van der Waals surface area contributed by atoms with Gasteiger partial charge in [0.15, 0.2) is 0 Å². The number of thioether (sulfide) groups is 1. The molecule has 0 fully saturated rings. The van der Waals surface area contributed by atoms with E-state index in [1.807, 2.05) is 19.9 Å². The average molecular weight is 255 g/mol. The molecule has 1 N–H and O–H groups in total. The molecule has 1 atom stereocenters. The van der Waals surface area contributed by atoms with E-state index in [-0.39, 0.29) is 6.10 Å². The first-order valence-corrected chi connectivity index (χ1v) is 6.95. The minimum atomic E-state index is -0.481. The van der Waals surface area contributed by atoms with E-state index < -0.39 is 6.10 Å². The van der Waals surface area contributed by atoms with Crippen molar-refractivity contribution in [3.63, 3.8) is 0 Å². The Morgan fingerprint density at radius 1 is 1.29 bits per heavy atom. The van der Waals surface area contributed by atoms with Crippen LogP contribution >= 0.6 is 11.8 Å². The van der Waals surface area contributed by atoms with Crippen LogP contribution in [0.5, 0.6) is 5.75 Å². The molecule has 0 radical (unpaired) electrons. The zero-order valence-corrected chi connectivity index (χ0v) is 11.7. The predicted molar refractivity (Wildman–Crippen MR) is 72.6 cm³/mol. The Labute approximate surface area is 108 Å². The molecular weight excluding hydrogens is 234 g/mol. The lowest BCUT2D eigenvalue weighted by Gasteiger charge is -2.14. The van der Waals surface area contributed by atoms with Crippen LogP contribution in [0.1, 0.15) is 39.4 Å². The van der Waals surface area contributed by atoms with Crippen molar-refractivity contribution in [3.05, 3.63) is 24.0 Å². The largest absolute Gasteiger partial charge is 0.489 e. The molecule has 1 heterocycles. The Kier molecular flexibility index (Phi) is 5.78. The van der Waals surface area contributed by atoms with E-state index >= 15 is 0 Å². The van der Waals surface area contributed by atoms with Gasteiger partial charge in [-0.15, -0.1) is 0 Å². The van der Waals surface area contributed by atoms with Crippen LogP contribution in [0.15, 0.2) is 18.5 Å². The van der Waals surface area contributed by atoms with Crippen molar-refractivity contribution in [1.29, 1.82) is 0 Å². The minimum Gasteiger partial charge on any atom is -0.489 e. The molecule has 0 saturated carbocycles. The lowest BCUT2D eigenvalue weighted by atomic mass is 10.2. The van der Waals surface area contributed by atoms with Crippen LogP contribution in [0.4, 0.5) is 0 Å². The van der Waals surface area contributed by atoms with Crippen LogP contribution in [-0.4, -0.2) is 27.2 Å². The summed E-state index contributed by atoms with van der Waals surface area (Å²) in [5, 5.41) is 10.5. The predicted octanol–water partition coefficient (Wildman–Crippen LogP) is 3.04. The molecule has 0 aliphatic carbocycles. The first-order chi connectivity index (χ1) is 7.99. The van der Waals surface area contributed by atoms with Crippen LogP contribution in [0, 0.1) is 0 Å². The highest BCUT2D eigenvalue weighted by Crippen LogP contribution is 2.23. The quantitative estimate of drug-likeness (QED) is 0.848. The molecule has 4 heteroatoms. The van der Waals surface area contributed by atoms with Gasteiger partial charge in [0.2, 0.25) is 0 Å². The first kappa shape index (κ1) is 14.3. The lowest BCUT2D eigenvalue weighted by molar-refractivity contribution is 0.201. The Morgan fingerprint density at radius 2 is 2.00 bits per heavy atom. The first-order valence-electron chi connectivity index (χ1n) is 5.90. The van der Waals surface area contributed by atoms with Crippen LogP contribution in [0.2, 0.25) is 0 Å². The SMILES string of the molecule is CC(C)Oc1cncc(C(O)CSC(C)C)c1. The summed E-state index contributed by atoms with van der Waals surface area (Å²) in [5.74, 6) is 1.40. The van der Waals surface area contributed by atoms with Gasteiger partial charge in [0.25, 0.3) is 0 Å². The van der Waals surface area contributed by atoms with Crippen molar-refractivity contribution in [3.8, 4) is 5.75 Å². The number of aliphatic hydroxyl groups excluding tert-OH is 1. The fourth-order valence-electron chi connectivity index (χ4n) is 1.33. The van der Waals surface area contributed by atoms with E-state index in [4.69, 9.17) is 4.74 Å². The Morgan fingerprint density at radius 3 is 2.59 bits per heavy atom. The molecule has 17 heavy (non-hydrogen) atoms. The van der Waals surface area contributed by atoms with Gasteiger partial charge in [0, 0.05) is 17.5 Å². The standard InChI is InChI=1S/C13H21NO2S/c1-9(2)16-12-5-11(6-14-7-12)13(15)8-17-10(3)4/h5-7,9-10,13,15H,8H2,1-4H3. The van der Waals surface area contributed by atoms with Crippen LogP contribution in [-0.2, 0) is 0 Å². The van der Waals surface area contributed by atoms with Gasteiger partial charge in [-0.3, -0.25) is 4.98 Å². The number of hydrogen-bond acceptors (Lipinski definition) is 4. The molecule has 0 aliphatic heterocycles. The second-order valence-electron chi connectivity index (χ2n) is 4.52. The van der Waals surface area contributed by atoms with Crippen LogP contribution < -0.4 is 4.74 Å². The second kappa shape index (κ2) is 6.87. The highest BCUT2D eigenvalue weighted by molar-refractivity contribution is 7.99. The molecule has 0 aromatic carbocycles. The smallest absolute Gasteiger partial charge is 0.138 e. The summed E-state index contributed by atoms with van der Waals surface area (Å²) in [7, 11) is 0. The number of ether oxygens (including phenoxy) is 1. The van der Waals surface area contributed by atoms with Crippen molar-refractivity contribution in [2.24, 2.45) is 0 Å². The normalized spacial score (nSPS) is 13.1. The summed E-state index contributed by atoms with van der Waals surface area (Å²) in [5.41, 5.74) is 0.816. The van der Waals surface area contributed by atoms with Gasteiger partial charge in [0.05, 0.1) is 18.4 Å². The lowest BCUT2D eigenvalue weighted by Crippen LogP contribution is -2.08. The third kappa shape index (κ3) is 5.41. The highest BCUT2D eigenvalue weighted by atomic mass is 32.2. The Hall–Kier alpha value is -0.740. The molecule has 1 unspecified atom stereocenters. The second-order valence-corrected chi connectivity index (χ2v) is 6.13. The Bertz CT molecular complexity index is 342. The maximum Gasteiger partial charge on any atom is 0.138 e. The van der Waals surface area contributed by atoms with E-state index in [0.29, 0.717) is 16.8 Å². The zero-order valence-electron chi connectivity index (χ0n) is 10.9. The van der Waals surface area contributed by atoms with Crippen molar-refractivity contribution < 1.29 is 9.84 Å². The summed E-state index contributed by atoms with van der Waals surface area (Å²) in [6.45, 7) is 8.18. The summed E-state index contributed by atoms with van der Waals surface area (Å²) in [6, 6.07) is 1.86. The van der Waals surface area contributed by atoms with Crippen molar-refractivity contribution in [2.45, 2.75) is 45.2 Å². The molecule has 0 spiro atoms. The van der Waals surface area contributed by atoms with Gasteiger partial charge in [-0.05, 0) is 25.2 Å². The zero-order chi connectivity index (χ0) is 12.8. The van der Waals surface area contributed by atoms with Crippen molar-refractivity contribution in [2.75, 3.05) is 5.75 Å². The number of nitrogens with zero attached hydrogens (tertiary/aromatic N) is 1. The van der Waals surface area contributed by atoms with Gasteiger partial charge in [-0.2, -0.15) is 11.8 Å². The summed E-state index contributed by atoms with van der Waals surface area (Å²) in [6.07, 6.45) is 3.00. The summed E-state index contributed by atoms with van der Waals surface area (Å²) in [4.78, 5) is 4.09. The number of rotatable bonds is 6. The molecule has 1 aromatic heterocycles. The van der Waals surface area contributed by atoms with Gasteiger partial charge >= 0.3 is 0 Å². The highest BCUT2D eigenvalue weighted by Gasteiger charge is 2.10. The molecule has 1 aromatic rings. The monoisotopic (exact) mass is 255 g/mol. The number of aromatic nitrogens is 1. The van der Waals surface area contributed by atoms with Crippen molar-refractivity contribution in [1.82, 2.24) is 4.98 Å². The topological polar surface area (TPSA) is 42.4 Å². The van der Waals surface area contributed by atoms with Crippen molar-refractivity contribution >= 4 is 11.8 Å². The molecule has 0 amide bonds. The van der Waals surface area contributed by atoms with Crippen LogP contribution in [0.3, 0.4) is 0 Å². The Balaban J connectivity index is 2.63. The minimum absolute atomic E-state index is 0.120. The van der Waals surface area contributed by atoms with E-state index in [1.54, 1.807) is 24.2 Å². The fourth-order valence-corrected chi connectivity index (χ4v) is 2.09. The molecule has 0 aliphatic rings. The van der Waals surface area contributed by atoms with Gasteiger partial charge in [-0.25, -0.2) is 0 Å². The third-order valence-electron chi connectivity index (χ3n) is 2.08.